The number of aromatic nitrogens is 4. The molecular weight excluding hydrogens is 384 g/mol. The molecule has 1 aliphatic rings. The van der Waals surface area contributed by atoms with E-state index in [-0.39, 0.29) is 7.06 Å². The molecule has 27 heavy (non-hydrogen) atoms. The lowest BCUT2D eigenvalue weighted by molar-refractivity contribution is 0.600. The molecule has 0 spiro atoms. The van der Waals surface area contributed by atoms with Crippen LogP contribution in [0.1, 0.15) is 38.6 Å². The summed E-state index contributed by atoms with van der Waals surface area (Å²) in [5, 5.41) is 15.6. The van der Waals surface area contributed by atoms with Gasteiger partial charge in [0.2, 0.25) is 10.0 Å². The molecule has 0 aromatic carbocycles. The lowest BCUT2D eigenvalue weighted by Gasteiger charge is -2.09. The Balaban J connectivity index is 0.00000150. The maximum Gasteiger partial charge on any atom is 0.247 e. The van der Waals surface area contributed by atoms with E-state index in [0.29, 0.717) is 39.5 Å². The first-order valence-electron chi connectivity index (χ1n) is 8.15. The molecule has 4 rings (SSSR count). The van der Waals surface area contributed by atoms with Crippen LogP contribution in [-0.2, 0) is 10.0 Å². The average molecular weight is 405 g/mol. The molecule has 0 bridgehead atoms. The van der Waals surface area contributed by atoms with Crippen molar-refractivity contribution in [3.63, 3.8) is 0 Å². The quantitative estimate of drug-likeness (QED) is 0.561. The number of nitrogens with two attached hydrogens (primary N) is 1. The van der Waals surface area contributed by atoms with Crippen molar-refractivity contribution < 1.29 is 11.3 Å². The Bertz CT molecular complexity index is 1180. The number of H-pyrrole nitrogens is 1. The summed E-state index contributed by atoms with van der Waals surface area (Å²) in [4.78, 5) is 9.48. The van der Waals surface area contributed by atoms with Crippen LogP contribution in [0.2, 0.25) is 0 Å². The molecule has 0 radical (unpaired) electrons. The number of thiophene rings is 1. The fourth-order valence-electron chi connectivity index (χ4n) is 2.67. The van der Waals surface area contributed by atoms with Crippen LogP contribution in [0.15, 0.2) is 22.4 Å². The molecule has 1 saturated carbocycles. The van der Waals surface area contributed by atoms with Crippen LogP contribution in [0.5, 0.6) is 0 Å². The number of aromatic amines is 1. The maximum atomic E-state index is 11.5. The first kappa shape index (κ1) is 17.7. The van der Waals surface area contributed by atoms with E-state index in [1.807, 2.05) is 6.07 Å². The molecule has 0 unspecified atom stereocenters. The lowest BCUT2D eigenvalue weighted by Crippen LogP contribution is -2.09. The van der Waals surface area contributed by atoms with Crippen LogP contribution in [0.3, 0.4) is 0 Å². The topological polar surface area (TPSA) is 127 Å². The van der Waals surface area contributed by atoms with Crippen molar-refractivity contribution in [2.24, 2.45) is 5.14 Å². The number of sulfonamides is 1. The van der Waals surface area contributed by atoms with Gasteiger partial charge in [0.15, 0.2) is 17.5 Å². The van der Waals surface area contributed by atoms with Crippen LogP contribution in [0.4, 0.5) is 11.6 Å². The van der Waals surface area contributed by atoms with E-state index < -0.39 is 10.0 Å². The number of primary sulfonamides is 1. The van der Waals surface area contributed by atoms with E-state index in [4.69, 9.17) is 11.6 Å². The van der Waals surface area contributed by atoms with Crippen molar-refractivity contribution in [1.29, 1.82) is 0 Å². The van der Waals surface area contributed by atoms with Crippen molar-refractivity contribution in [2.75, 3.05) is 5.32 Å². The molecule has 0 saturated heterocycles. The number of hydrogen-bond donors (Lipinski definition) is 3. The van der Waals surface area contributed by atoms with Gasteiger partial charge < -0.3 is 5.32 Å². The van der Waals surface area contributed by atoms with Crippen LogP contribution in [-0.4, -0.2) is 28.6 Å². The Kier molecular flexibility index (Phi) is 4.22. The highest BCUT2D eigenvalue weighted by atomic mass is 32.2. The number of terminal acetylenes is 1. The monoisotopic (exact) mass is 404 g/mol. The Hall–Kier alpha value is -2.74. The Morgan fingerprint density at radius 1 is 1.41 bits per heavy atom. The molecule has 8 nitrogen and oxygen atoms in total. The van der Waals surface area contributed by atoms with Crippen molar-refractivity contribution in [3.8, 4) is 23.0 Å². The number of aryl methyl sites for hydroxylation is 1. The molecule has 3 aromatic rings. The van der Waals surface area contributed by atoms with E-state index in [0.717, 1.165) is 17.0 Å². The summed E-state index contributed by atoms with van der Waals surface area (Å²) < 4.78 is 23.1. The van der Waals surface area contributed by atoms with Gasteiger partial charge in [-0.05, 0) is 31.9 Å². The molecule has 142 valence electrons. The molecule has 1 fully saturated rings. The van der Waals surface area contributed by atoms with Crippen LogP contribution in [0, 0.1) is 19.3 Å². The zero-order valence-corrected chi connectivity index (χ0v) is 16.0. The minimum absolute atomic E-state index is 0. The largest absolute Gasteiger partial charge is 0.322 e. The summed E-state index contributed by atoms with van der Waals surface area (Å²) in [6, 6.07) is 5.00. The summed E-state index contributed by atoms with van der Waals surface area (Å²) in [5.74, 6) is 4.57. The van der Waals surface area contributed by atoms with Crippen LogP contribution < -0.4 is 10.5 Å². The first-order chi connectivity index (χ1) is 12.8. The van der Waals surface area contributed by atoms with Crippen LogP contribution >= 0.6 is 11.3 Å². The van der Waals surface area contributed by atoms with Gasteiger partial charge in [0.05, 0.1) is 16.1 Å². The number of hydrogen-bond acceptors (Lipinski definition) is 7. The third kappa shape index (κ3) is 3.57. The van der Waals surface area contributed by atoms with Gasteiger partial charge in [-0.1, -0.05) is 5.92 Å². The highest BCUT2D eigenvalue weighted by Crippen LogP contribution is 2.39. The fraction of sp³-hybridized carbons (Fsp3) is 0.235. The molecule has 3 aromatic heterocycles. The molecule has 10 heteroatoms. The number of anilines is 2. The maximum absolute atomic E-state index is 11.5. The predicted molar refractivity (Wildman–Crippen MR) is 107 cm³/mol. The van der Waals surface area contributed by atoms with Crippen molar-refractivity contribution >= 4 is 33.0 Å². The summed E-state index contributed by atoms with van der Waals surface area (Å²) >= 11 is 1.01. The summed E-state index contributed by atoms with van der Waals surface area (Å²) in [6.07, 6.45) is 7.96. The fourth-order valence-corrected chi connectivity index (χ4v) is 4.33. The Morgan fingerprint density at radius 3 is 2.81 bits per heavy atom. The van der Waals surface area contributed by atoms with Gasteiger partial charge >= 0.3 is 0 Å². The third-order valence-corrected chi connectivity index (χ3v) is 6.70. The highest BCUT2D eigenvalue weighted by molar-refractivity contribution is 7.91. The van der Waals surface area contributed by atoms with E-state index in [1.54, 1.807) is 13.0 Å². The minimum atomic E-state index is -3.77. The number of nitrogens with zero attached hydrogens (tertiary/aromatic N) is 3. The van der Waals surface area contributed by atoms with Crippen LogP contribution in [0.25, 0.3) is 10.7 Å². The second-order valence-corrected chi connectivity index (χ2v) is 9.14. The van der Waals surface area contributed by atoms with Gasteiger partial charge in [-0.3, -0.25) is 5.10 Å². The molecular formula is C17H20N6O2S2. The van der Waals surface area contributed by atoms with Gasteiger partial charge in [-0.2, -0.15) is 5.10 Å². The first-order valence-corrected chi connectivity index (χ1v) is 10.5. The zero-order valence-electron chi connectivity index (χ0n) is 14.4. The Morgan fingerprint density at radius 2 is 2.19 bits per heavy atom. The summed E-state index contributed by atoms with van der Waals surface area (Å²) in [5.41, 5.74) is 2.22. The lowest BCUT2D eigenvalue weighted by atomic mass is 10.2. The second kappa shape index (κ2) is 6.45. The van der Waals surface area contributed by atoms with E-state index in [2.05, 4.69) is 31.4 Å². The third-order valence-electron chi connectivity index (χ3n) is 4.18. The van der Waals surface area contributed by atoms with Gasteiger partial charge in [-0.25, -0.2) is 23.5 Å². The SMILES string of the molecule is C#Cc1c(C)nc(-c2ccc(S(N)(=O)=O)s2)nc1Nc1cc(C2CC2)[nH]n1.[HH].[HH]. The van der Waals surface area contributed by atoms with E-state index in [1.165, 1.54) is 18.9 Å². The molecule has 1 aliphatic carbocycles. The van der Waals surface area contributed by atoms with Gasteiger partial charge in [-0.15, -0.1) is 17.8 Å². The average Bonchev–Trinajstić information content (AvgIpc) is 3.14. The predicted octanol–water partition coefficient (Wildman–Crippen LogP) is 2.98. The molecule has 0 aliphatic heterocycles. The van der Waals surface area contributed by atoms with Gasteiger partial charge in [0.1, 0.15) is 4.21 Å². The second-order valence-electron chi connectivity index (χ2n) is 6.27. The molecule has 3 heterocycles. The smallest absolute Gasteiger partial charge is 0.247 e. The minimum Gasteiger partial charge on any atom is -0.322 e. The van der Waals surface area contributed by atoms with E-state index in [9.17, 15) is 8.42 Å². The number of nitrogens with one attached hydrogen (secondary N) is 2. The number of rotatable bonds is 5. The molecule has 4 N–H and O–H groups in total. The summed E-state index contributed by atoms with van der Waals surface area (Å²) in [6.45, 7) is 1.78. The normalized spacial score (nSPS) is 14.1. The zero-order chi connectivity index (χ0) is 19.2. The van der Waals surface area contributed by atoms with E-state index >= 15 is 0 Å². The van der Waals surface area contributed by atoms with Gasteiger partial charge in [0.25, 0.3) is 0 Å². The van der Waals surface area contributed by atoms with Crippen molar-refractivity contribution in [3.05, 3.63) is 35.2 Å². The van der Waals surface area contributed by atoms with Crippen molar-refractivity contribution in [1.82, 2.24) is 20.2 Å². The van der Waals surface area contributed by atoms with Gasteiger partial charge in [0, 0.05) is 20.5 Å². The van der Waals surface area contributed by atoms with Crippen molar-refractivity contribution in [2.45, 2.75) is 29.9 Å². The molecule has 0 atom stereocenters. The summed E-state index contributed by atoms with van der Waals surface area (Å²) in [7, 11) is -3.77. The molecule has 0 amide bonds. The standard InChI is InChI=1S/C17H16N6O2S2.2H2/c1-3-11-9(2)19-17(13-6-7-15(26-13)27(18,24)25)21-16(11)20-14-8-12(22-23-14)10-4-5-10;;/h1,6-8,10H,4-5H2,2H3,(H2,18,24,25)(H2,19,20,21,22,23);2*1H. The highest BCUT2D eigenvalue weighted by Gasteiger charge is 2.26. The Labute approximate surface area is 163 Å².